The number of hydrogen-bond acceptors (Lipinski definition) is 2. The van der Waals surface area contributed by atoms with E-state index in [1.807, 2.05) is 48.5 Å². The van der Waals surface area contributed by atoms with Gasteiger partial charge < -0.3 is 9.84 Å². The zero-order valence-corrected chi connectivity index (χ0v) is 14.0. The van der Waals surface area contributed by atoms with Crippen LogP contribution in [0.1, 0.15) is 12.0 Å². The number of hydrogen-bond donors (Lipinski definition) is 1. The first-order valence-corrected chi connectivity index (χ1v) is 8.08. The highest BCUT2D eigenvalue weighted by Crippen LogP contribution is 2.19. The second-order valence-electron chi connectivity index (χ2n) is 4.97. The molecule has 0 radical (unpaired) electrons. The fourth-order valence-corrected chi connectivity index (χ4v) is 2.62. The molecule has 21 heavy (non-hydrogen) atoms. The van der Waals surface area contributed by atoms with Gasteiger partial charge in [-0.25, -0.2) is 0 Å². The summed E-state index contributed by atoms with van der Waals surface area (Å²) in [5.74, 6) is 1.03. The standard InChI is InChI=1S/C17H18BrClO2/c18-15-2-1-3-17(11-15)21-9-8-14(12-20)10-13-4-6-16(19)7-5-13/h1-7,11,14,20H,8-10,12H2. The fraction of sp³-hybridized carbons (Fsp3) is 0.294. The van der Waals surface area contributed by atoms with E-state index in [1.165, 1.54) is 5.56 Å². The van der Waals surface area contributed by atoms with Gasteiger partial charge in [-0.05, 0) is 54.7 Å². The van der Waals surface area contributed by atoms with Crippen LogP contribution in [0.4, 0.5) is 0 Å². The summed E-state index contributed by atoms with van der Waals surface area (Å²) >= 11 is 9.29. The molecule has 0 aliphatic heterocycles. The summed E-state index contributed by atoms with van der Waals surface area (Å²) in [7, 11) is 0. The molecule has 4 heteroatoms. The topological polar surface area (TPSA) is 29.5 Å². The van der Waals surface area contributed by atoms with Gasteiger partial charge >= 0.3 is 0 Å². The molecule has 1 N–H and O–H groups in total. The first kappa shape index (κ1) is 16.3. The molecule has 2 aromatic carbocycles. The molecule has 0 amide bonds. The van der Waals surface area contributed by atoms with Gasteiger partial charge in [-0.1, -0.05) is 45.7 Å². The predicted molar refractivity (Wildman–Crippen MR) is 90.0 cm³/mol. The molecule has 1 unspecified atom stereocenters. The lowest BCUT2D eigenvalue weighted by molar-refractivity contribution is 0.190. The van der Waals surface area contributed by atoms with E-state index in [0.717, 1.165) is 28.1 Å². The Morgan fingerprint density at radius 1 is 1.14 bits per heavy atom. The summed E-state index contributed by atoms with van der Waals surface area (Å²) in [5, 5.41) is 10.2. The Kier molecular flexibility index (Phi) is 6.55. The highest BCUT2D eigenvalue weighted by atomic mass is 79.9. The number of aliphatic hydroxyl groups excluding tert-OH is 1. The maximum atomic E-state index is 9.49. The van der Waals surface area contributed by atoms with Crippen LogP contribution in [-0.4, -0.2) is 18.3 Å². The van der Waals surface area contributed by atoms with Crippen molar-refractivity contribution in [3.8, 4) is 5.75 Å². The lowest BCUT2D eigenvalue weighted by atomic mass is 9.97. The average Bonchev–Trinajstić information content (AvgIpc) is 2.48. The Labute approximate surface area is 138 Å². The second-order valence-corrected chi connectivity index (χ2v) is 6.33. The van der Waals surface area contributed by atoms with Gasteiger partial charge in [-0.15, -0.1) is 0 Å². The molecule has 0 bridgehead atoms. The van der Waals surface area contributed by atoms with Gasteiger partial charge in [-0.3, -0.25) is 0 Å². The Balaban J connectivity index is 1.81. The van der Waals surface area contributed by atoms with Gasteiger partial charge in [0.2, 0.25) is 0 Å². The van der Waals surface area contributed by atoms with Gasteiger partial charge in [0, 0.05) is 16.1 Å². The molecule has 0 saturated heterocycles. The molecule has 0 fully saturated rings. The van der Waals surface area contributed by atoms with Gasteiger partial charge in [0.25, 0.3) is 0 Å². The van der Waals surface area contributed by atoms with E-state index in [9.17, 15) is 5.11 Å². The first-order valence-electron chi connectivity index (χ1n) is 6.91. The van der Waals surface area contributed by atoms with Gasteiger partial charge in [-0.2, -0.15) is 0 Å². The Morgan fingerprint density at radius 3 is 2.57 bits per heavy atom. The number of rotatable bonds is 7. The van der Waals surface area contributed by atoms with E-state index in [0.29, 0.717) is 6.61 Å². The summed E-state index contributed by atoms with van der Waals surface area (Å²) in [4.78, 5) is 0. The normalized spacial score (nSPS) is 12.1. The van der Waals surface area contributed by atoms with Crippen LogP contribution in [-0.2, 0) is 6.42 Å². The van der Waals surface area contributed by atoms with E-state index in [1.54, 1.807) is 0 Å². The highest BCUT2D eigenvalue weighted by molar-refractivity contribution is 9.10. The minimum Gasteiger partial charge on any atom is -0.494 e. The van der Waals surface area contributed by atoms with E-state index in [2.05, 4.69) is 15.9 Å². The van der Waals surface area contributed by atoms with Crippen LogP contribution < -0.4 is 4.74 Å². The third kappa shape index (κ3) is 5.70. The van der Waals surface area contributed by atoms with Crippen molar-refractivity contribution in [2.24, 2.45) is 5.92 Å². The number of halogens is 2. The van der Waals surface area contributed by atoms with Crippen molar-refractivity contribution in [3.63, 3.8) is 0 Å². The first-order chi connectivity index (χ1) is 10.2. The minimum atomic E-state index is 0.157. The molecule has 2 aromatic rings. The Hall–Kier alpha value is -1.03. The molecular formula is C17H18BrClO2. The monoisotopic (exact) mass is 368 g/mol. The molecule has 0 aliphatic rings. The molecule has 112 valence electrons. The van der Waals surface area contributed by atoms with E-state index in [-0.39, 0.29) is 12.5 Å². The summed E-state index contributed by atoms with van der Waals surface area (Å²) in [6, 6.07) is 15.5. The van der Waals surface area contributed by atoms with Crippen LogP contribution in [0, 0.1) is 5.92 Å². The van der Waals surface area contributed by atoms with Crippen molar-refractivity contribution in [2.45, 2.75) is 12.8 Å². The van der Waals surface area contributed by atoms with Crippen molar-refractivity contribution in [1.29, 1.82) is 0 Å². The largest absolute Gasteiger partial charge is 0.494 e. The predicted octanol–water partition coefficient (Wildman–Crippen LogP) is 4.72. The van der Waals surface area contributed by atoms with Crippen molar-refractivity contribution < 1.29 is 9.84 Å². The molecule has 0 spiro atoms. The maximum Gasteiger partial charge on any atom is 0.120 e. The molecule has 0 aromatic heterocycles. The average molecular weight is 370 g/mol. The van der Waals surface area contributed by atoms with E-state index in [4.69, 9.17) is 16.3 Å². The lowest BCUT2D eigenvalue weighted by Crippen LogP contribution is -2.14. The zero-order chi connectivity index (χ0) is 15.1. The SMILES string of the molecule is OCC(CCOc1cccc(Br)c1)Cc1ccc(Cl)cc1. The minimum absolute atomic E-state index is 0.157. The Morgan fingerprint density at radius 2 is 1.90 bits per heavy atom. The third-order valence-corrected chi connectivity index (χ3v) is 4.03. The second kappa shape index (κ2) is 8.42. The molecule has 0 heterocycles. The van der Waals surface area contributed by atoms with E-state index < -0.39 is 0 Å². The van der Waals surface area contributed by atoms with E-state index >= 15 is 0 Å². The molecular weight excluding hydrogens is 352 g/mol. The van der Waals surface area contributed by atoms with Crippen molar-refractivity contribution in [1.82, 2.24) is 0 Å². The molecule has 2 nitrogen and oxygen atoms in total. The summed E-state index contributed by atoms with van der Waals surface area (Å²) in [6.07, 6.45) is 1.64. The summed E-state index contributed by atoms with van der Waals surface area (Å²) in [6.45, 7) is 0.750. The van der Waals surface area contributed by atoms with Crippen LogP contribution in [0.5, 0.6) is 5.75 Å². The molecule has 2 rings (SSSR count). The van der Waals surface area contributed by atoms with Crippen LogP contribution in [0.2, 0.25) is 5.02 Å². The smallest absolute Gasteiger partial charge is 0.120 e. The number of aliphatic hydroxyl groups is 1. The quantitative estimate of drug-likeness (QED) is 0.765. The third-order valence-electron chi connectivity index (χ3n) is 3.29. The van der Waals surface area contributed by atoms with Crippen LogP contribution in [0.25, 0.3) is 0 Å². The van der Waals surface area contributed by atoms with Gasteiger partial charge in [0.1, 0.15) is 5.75 Å². The molecule has 1 atom stereocenters. The van der Waals surface area contributed by atoms with Crippen molar-refractivity contribution >= 4 is 27.5 Å². The van der Waals surface area contributed by atoms with Crippen molar-refractivity contribution in [2.75, 3.05) is 13.2 Å². The zero-order valence-electron chi connectivity index (χ0n) is 11.6. The molecule has 0 aliphatic carbocycles. The highest BCUT2D eigenvalue weighted by Gasteiger charge is 2.09. The fourth-order valence-electron chi connectivity index (χ4n) is 2.11. The summed E-state index contributed by atoms with van der Waals surface area (Å²) in [5.41, 5.74) is 1.18. The molecule has 0 saturated carbocycles. The maximum absolute atomic E-state index is 9.49. The lowest BCUT2D eigenvalue weighted by Gasteiger charge is -2.15. The van der Waals surface area contributed by atoms with Crippen LogP contribution in [0.15, 0.2) is 53.0 Å². The number of ether oxygens (including phenoxy) is 1. The van der Waals surface area contributed by atoms with Gasteiger partial charge in [0.15, 0.2) is 0 Å². The van der Waals surface area contributed by atoms with Crippen LogP contribution >= 0.6 is 27.5 Å². The Bertz CT molecular complexity index is 557. The van der Waals surface area contributed by atoms with Crippen LogP contribution in [0.3, 0.4) is 0 Å². The van der Waals surface area contributed by atoms with Crippen molar-refractivity contribution in [3.05, 3.63) is 63.6 Å². The number of benzene rings is 2. The summed E-state index contributed by atoms with van der Waals surface area (Å²) < 4.78 is 6.71. The van der Waals surface area contributed by atoms with Gasteiger partial charge in [0.05, 0.1) is 6.61 Å².